The first-order valence-corrected chi connectivity index (χ1v) is 9.54. The summed E-state index contributed by atoms with van der Waals surface area (Å²) >= 11 is 7.12. The van der Waals surface area contributed by atoms with Gasteiger partial charge in [0.05, 0.1) is 9.21 Å². The number of imidazole rings is 1. The number of hydrogen-bond donors (Lipinski definition) is 2. The Balaban J connectivity index is 1.47. The molecule has 3 heterocycles. The molecule has 7 nitrogen and oxygen atoms in total. The van der Waals surface area contributed by atoms with Crippen molar-refractivity contribution < 1.29 is 4.79 Å². The Hall–Kier alpha value is -3.23. The van der Waals surface area contributed by atoms with Gasteiger partial charge in [-0.1, -0.05) is 11.6 Å². The molecule has 1 amide bonds. The first-order chi connectivity index (χ1) is 13.6. The van der Waals surface area contributed by atoms with Crippen molar-refractivity contribution in [1.29, 1.82) is 0 Å². The minimum atomic E-state index is -0.186. The topological polar surface area (TPSA) is 84.7 Å². The van der Waals surface area contributed by atoms with E-state index in [1.165, 1.54) is 11.3 Å². The van der Waals surface area contributed by atoms with Gasteiger partial charge in [-0.15, -0.1) is 11.3 Å². The molecule has 3 aromatic heterocycles. The lowest BCUT2D eigenvalue weighted by atomic mass is 10.2. The number of benzene rings is 1. The van der Waals surface area contributed by atoms with Crippen LogP contribution in [0.3, 0.4) is 0 Å². The van der Waals surface area contributed by atoms with E-state index in [2.05, 4.69) is 25.6 Å². The van der Waals surface area contributed by atoms with Crippen LogP contribution in [0.1, 0.15) is 15.5 Å². The average molecular weight is 411 g/mol. The molecule has 9 heteroatoms. The van der Waals surface area contributed by atoms with Crippen LogP contribution >= 0.6 is 22.9 Å². The van der Waals surface area contributed by atoms with Crippen molar-refractivity contribution in [2.75, 3.05) is 10.6 Å². The molecule has 0 saturated carbocycles. The molecule has 0 aliphatic rings. The number of nitrogens with zero attached hydrogens (tertiary/aromatic N) is 4. The second-order valence-corrected chi connectivity index (χ2v) is 7.60. The van der Waals surface area contributed by atoms with Crippen molar-refractivity contribution in [3.05, 3.63) is 76.2 Å². The van der Waals surface area contributed by atoms with Gasteiger partial charge >= 0.3 is 0 Å². The molecule has 0 radical (unpaired) electrons. The van der Waals surface area contributed by atoms with E-state index in [1.807, 2.05) is 48.0 Å². The number of halogens is 1. The number of carbonyl (C=O) groups is 1. The third-order valence-electron chi connectivity index (χ3n) is 3.81. The predicted molar refractivity (Wildman–Crippen MR) is 111 cm³/mol. The summed E-state index contributed by atoms with van der Waals surface area (Å²) in [5.74, 6) is 1.86. The summed E-state index contributed by atoms with van der Waals surface area (Å²) in [5, 5.41) is 6.10. The Morgan fingerprint density at radius 2 is 1.89 bits per heavy atom. The van der Waals surface area contributed by atoms with Crippen LogP contribution in [0.25, 0.3) is 5.82 Å². The quantitative estimate of drug-likeness (QED) is 0.499. The molecule has 0 atom stereocenters. The first-order valence-electron chi connectivity index (χ1n) is 8.34. The van der Waals surface area contributed by atoms with Crippen molar-refractivity contribution in [2.45, 2.75) is 6.92 Å². The molecule has 0 aliphatic carbocycles. The minimum absolute atomic E-state index is 0.186. The van der Waals surface area contributed by atoms with Crippen molar-refractivity contribution in [3.63, 3.8) is 0 Å². The van der Waals surface area contributed by atoms with Gasteiger partial charge in [0.15, 0.2) is 0 Å². The average Bonchev–Trinajstić information content (AvgIpc) is 3.35. The first kappa shape index (κ1) is 18.1. The third kappa shape index (κ3) is 4.19. The van der Waals surface area contributed by atoms with E-state index in [-0.39, 0.29) is 5.91 Å². The summed E-state index contributed by atoms with van der Waals surface area (Å²) in [4.78, 5) is 25.6. The van der Waals surface area contributed by atoms with Gasteiger partial charge in [-0.2, -0.15) is 0 Å². The Labute approximate surface area is 170 Å². The lowest BCUT2D eigenvalue weighted by molar-refractivity contribution is 0.103. The standard InChI is InChI=1S/C19H15ClN6OS/c1-12-22-17(10-18(23-12)26-9-8-21-11-26)24-13-2-4-14(5-3-13)25-19(27)15-6-7-16(20)28-15/h2-11H,1H3,(H,25,27)(H,22,23,24). The molecule has 0 unspecified atom stereocenters. The van der Waals surface area contributed by atoms with Gasteiger partial charge in [-0.25, -0.2) is 15.0 Å². The van der Waals surface area contributed by atoms with E-state index in [4.69, 9.17) is 11.6 Å². The number of carbonyl (C=O) groups excluding carboxylic acids is 1. The highest BCUT2D eigenvalue weighted by atomic mass is 35.5. The Morgan fingerprint density at radius 1 is 1.11 bits per heavy atom. The molecule has 0 spiro atoms. The largest absolute Gasteiger partial charge is 0.340 e. The highest BCUT2D eigenvalue weighted by molar-refractivity contribution is 7.18. The number of hydrogen-bond acceptors (Lipinski definition) is 6. The predicted octanol–water partition coefficient (Wildman–Crippen LogP) is 4.68. The summed E-state index contributed by atoms with van der Waals surface area (Å²) in [5.41, 5.74) is 1.53. The van der Waals surface area contributed by atoms with E-state index in [1.54, 1.807) is 24.7 Å². The lowest BCUT2D eigenvalue weighted by Crippen LogP contribution is -2.09. The molecule has 0 saturated heterocycles. The molecule has 4 rings (SSSR count). The highest BCUT2D eigenvalue weighted by Gasteiger charge is 2.09. The summed E-state index contributed by atoms with van der Waals surface area (Å²) < 4.78 is 2.40. The van der Waals surface area contributed by atoms with Crippen LogP contribution in [-0.2, 0) is 0 Å². The van der Waals surface area contributed by atoms with Gasteiger partial charge < -0.3 is 10.6 Å². The minimum Gasteiger partial charge on any atom is -0.340 e. The number of thiophene rings is 1. The zero-order valence-corrected chi connectivity index (χ0v) is 16.3. The number of rotatable bonds is 5. The van der Waals surface area contributed by atoms with Gasteiger partial charge in [-0.05, 0) is 43.3 Å². The number of aromatic nitrogens is 4. The molecule has 2 N–H and O–H groups in total. The van der Waals surface area contributed by atoms with Crippen molar-refractivity contribution in [3.8, 4) is 5.82 Å². The highest BCUT2D eigenvalue weighted by Crippen LogP contribution is 2.23. The van der Waals surface area contributed by atoms with Gasteiger partial charge in [0.25, 0.3) is 5.91 Å². The van der Waals surface area contributed by atoms with Crippen LogP contribution < -0.4 is 10.6 Å². The molecule has 0 fully saturated rings. The van der Waals surface area contributed by atoms with Crippen LogP contribution in [0.2, 0.25) is 4.34 Å². The lowest BCUT2D eigenvalue weighted by Gasteiger charge is -2.10. The van der Waals surface area contributed by atoms with Crippen LogP contribution in [0.5, 0.6) is 0 Å². The van der Waals surface area contributed by atoms with E-state index in [9.17, 15) is 4.79 Å². The van der Waals surface area contributed by atoms with E-state index in [0.29, 0.717) is 26.5 Å². The zero-order chi connectivity index (χ0) is 19.5. The van der Waals surface area contributed by atoms with Gasteiger partial charge in [0.2, 0.25) is 0 Å². The molecule has 4 aromatic rings. The van der Waals surface area contributed by atoms with Gasteiger partial charge in [-0.3, -0.25) is 9.36 Å². The molecule has 28 heavy (non-hydrogen) atoms. The van der Waals surface area contributed by atoms with Crippen molar-refractivity contribution in [1.82, 2.24) is 19.5 Å². The molecule has 140 valence electrons. The maximum atomic E-state index is 12.2. The summed E-state index contributed by atoms with van der Waals surface area (Å²) in [6.45, 7) is 1.83. The molecule has 0 aliphatic heterocycles. The fourth-order valence-corrected chi connectivity index (χ4v) is 3.50. The van der Waals surface area contributed by atoms with Crippen LogP contribution in [0.4, 0.5) is 17.2 Å². The second kappa shape index (κ2) is 7.79. The monoisotopic (exact) mass is 410 g/mol. The van der Waals surface area contributed by atoms with E-state index in [0.717, 1.165) is 11.5 Å². The van der Waals surface area contributed by atoms with Gasteiger partial charge in [0, 0.05) is 29.8 Å². The van der Waals surface area contributed by atoms with Gasteiger partial charge in [0.1, 0.15) is 23.8 Å². The molecule has 0 bridgehead atoms. The van der Waals surface area contributed by atoms with E-state index >= 15 is 0 Å². The number of aryl methyl sites for hydroxylation is 1. The molecular formula is C19H15ClN6OS. The second-order valence-electron chi connectivity index (χ2n) is 5.89. The fourth-order valence-electron chi connectivity index (χ4n) is 2.56. The van der Waals surface area contributed by atoms with Crippen molar-refractivity contribution in [2.24, 2.45) is 0 Å². The Morgan fingerprint density at radius 3 is 2.57 bits per heavy atom. The molecular weight excluding hydrogens is 396 g/mol. The third-order valence-corrected chi connectivity index (χ3v) is 5.04. The number of anilines is 3. The smallest absolute Gasteiger partial charge is 0.265 e. The maximum absolute atomic E-state index is 12.2. The normalized spacial score (nSPS) is 10.6. The number of nitrogens with one attached hydrogen (secondary N) is 2. The van der Waals surface area contributed by atoms with Crippen molar-refractivity contribution >= 4 is 46.0 Å². The number of amides is 1. The summed E-state index contributed by atoms with van der Waals surface area (Å²) in [6, 6.07) is 12.6. The zero-order valence-electron chi connectivity index (χ0n) is 14.8. The van der Waals surface area contributed by atoms with Crippen LogP contribution in [0.15, 0.2) is 61.2 Å². The maximum Gasteiger partial charge on any atom is 0.265 e. The molecule has 1 aromatic carbocycles. The Bertz CT molecular complexity index is 1110. The Kier molecular flexibility index (Phi) is 5.05. The SMILES string of the molecule is Cc1nc(Nc2ccc(NC(=O)c3ccc(Cl)s3)cc2)cc(-n2ccnc2)n1. The van der Waals surface area contributed by atoms with Crippen LogP contribution in [-0.4, -0.2) is 25.4 Å². The summed E-state index contributed by atoms with van der Waals surface area (Å²) in [7, 11) is 0. The fraction of sp³-hybridized carbons (Fsp3) is 0.0526. The van der Waals surface area contributed by atoms with Crippen LogP contribution in [0, 0.1) is 6.92 Å². The van der Waals surface area contributed by atoms with E-state index < -0.39 is 0 Å². The summed E-state index contributed by atoms with van der Waals surface area (Å²) in [6.07, 6.45) is 5.20.